The van der Waals surface area contributed by atoms with Crippen LogP contribution in [0, 0.1) is 0 Å². The van der Waals surface area contributed by atoms with Crippen LogP contribution in [-0.2, 0) is 9.31 Å². The van der Waals surface area contributed by atoms with Crippen LogP contribution in [-0.4, -0.2) is 47.5 Å². The van der Waals surface area contributed by atoms with Crippen molar-refractivity contribution in [2.75, 3.05) is 6.54 Å². The summed E-state index contributed by atoms with van der Waals surface area (Å²) < 4.78 is 12.3. The summed E-state index contributed by atoms with van der Waals surface area (Å²) in [5.74, 6) is -1.21. The molecule has 2 aromatic rings. The van der Waals surface area contributed by atoms with Gasteiger partial charge in [0.1, 0.15) is 6.04 Å². The zero-order valence-corrected chi connectivity index (χ0v) is 18.3. The lowest BCUT2D eigenvalue weighted by Gasteiger charge is -2.32. The summed E-state index contributed by atoms with van der Waals surface area (Å²) in [6.45, 7) is 7.85. The van der Waals surface area contributed by atoms with Crippen molar-refractivity contribution >= 4 is 30.3 Å². The molecule has 1 fully saturated rings. The number of benzene rings is 2. The van der Waals surface area contributed by atoms with Crippen molar-refractivity contribution in [2.45, 2.75) is 44.9 Å². The highest BCUT2D eigenvalue weighted by Gasteiger charge is 2.52. The maximum Gasteiger partial charge on any atom is 0.494 e. The molecule has 0 bridgehead atoms. The summed E-state index contributed by atoms with van der Waals surface area (Å²) in [5.41, 5.74) is 1.43. The molecule has 1 unspecified atom stereocenters. The smallest absolute Gasteiger partial charge is 0.399 e. The lowest BCUT2D eigenvalue weighted by atomic mass is 9.76. The Labute approximate surface area is 185 Å². The third kappa shape index (κ3) is 3.03. The maximum atomic E-state index is 12.8. The fourth-order valence-electron chi connectivity index (χ4n) is 4.13. The quantitative estimate of drug-likeness (QED) is 0.550. The van der Waals surface area contributed by atoms with E-state index in [-0.39, 0.29) is 18.4 Å². The largest absolute Gasteiger partial charge is 0.494 e. The zero-order chi connectivity index (χ0) is 22.8. The van der Waals surface area contributed by atoms with Crippen molar-refractivity contribution < 1.29 is 23.7 Å². The number of azo groups is 1. The molecule has 8 nitrogen and oxygen atoms in total. The topological polar surface area (TPSA) is 97.6 Å². The molecule has 32 heavy (non-hydrogen) atoms. The fourth-order valence-corrected chi connectivity index (χ4v) is 4.13. The van der Waals surface area contributed by atoms with Gasteiger partial charge in [-0.15, -0.1) is 5.11 Å². The SMILES string of the molecule is CC1(C)OB(c2ccc3c(c2)C(CN2C(=O)c4ccccc4C2=O)N=NC3=O)OC1(C)C. The molecule has 3 heterocycles. The number of hydrogen-bond acceptors (Lipinski definition) is 6. The third-order valence-corrected chi connectivity index (χ3v) is 6.71. The maximum absolute atomic E-state index is 12.8. The van der Waals surface area contributed by atoms with Crippen LogP contribution in [0.25, 0.3) is 0 Å². The van der Waals surface area contributed by atoms with E-state index in [4.69, 9.17) is 9.31 Å². The molecule has 1 atom stereocenters. The number of rotatable bonds is 3. The van der Waals surface area contributed by atoms with Gasteiger partial charge in [-0.2, -0.15) is 5.11 Å². The van der Waals surface area contributed by atoms with Crippen LogP contribution in [0.1, 0.15) is 70.4 Å². The van der Waals surface area contributed by atoms with Crippen molar-refractivity contribution in [3.63, 3.8) is 0 Å². The van der Waals surface area contributed by atoms with Gasteiger partial charge in [-0.3, -0.25) is 19.3 Å². The number of carbonyl (C=O) groups excluding carboxylic acids is 3. The first-order valence-corrected chi connectivity index (χ1v) is 10.5. The van der Waals surface area contributed by atoms with E-state index in [2.05, 4.69) is 10.2 Å². The third-order valence-electron chi connectivity index (χ3n) is 6.71. The first kappa shape index (κ1) is 20.7. The lowest BCUT2D eigenvalue weighted by Crippen LogP contribution is -2.41. The Hall–Kier alpha value is -3.17. The van der Waals surface area contributed by atoms with E-state index in [1.54, 1.807) is 42.5 Å². The molecule has 0 saturated carbocycles. The Morgan fingerprint density at radius 1 is 0.906 bits per heavy atom. The molecule has 1 saturated heterocycles. The molecular weight excluding hydrogens is 409 g/mol. The number of amides is 3. The van der Waals surface area contributed by atoms with E-state index >= 15 is 0 Å². The highest BCUT2D eigenvalue weighted by molar-refractivity contribution is 6.62. The van der Waals surface area contributed by atoms with Gasteiger partial charge >= 0.3 is 7.12 Å². The Balaban J connectivity index is 1.47. The summed E-state index contributed by atoms with van der Waals surface area (Å²) in [5, 5.41) is 7.86. The van der Waals surface area contributed by atoms with Gasteiger partial charge < -0.3 is 9.31 Å². The predicted octanol–water partition coefficient (Wildman–Crippen LogP) is 2.93. The zero-order valence-electron chi connectivity index (χ0n) is 18.3. The second kappa shape index (κ2) is 6.92. The van der Waals surface area contributed by atoms with E-state index in [1.165, 1.54) is 0 Å². The van der Waals surface area contributed by atoms with Crippen LogP contribution in [0.2, 0.25) is 0 Å². The van der Waals surface area contributed by atoms with Crippen LogP contribution >= 0.6 is 0 Å². The molecule has 0 aliphatic carbocycles. The molecule has 3 aliphatic rings. The van der Waals surface area contributed by atoms with Gasteiger partial charge in [0.05, 0.1) is 28.9 Å². The molecule has 9 heteroatoms. The summed E-state index contributed by atoms with van der Waals surface area (Å²) in [6, 6.07) is 11.3. The summed E-state index contributed by atoms with van der Waals surface area (Å²) in [4.78, 5) is 39.1. The molecule has 2 aromatic carbocycles. The van der Waals surface area contributed by atoms with Crippen LogP contribution in [0.4, 0.5) is 0 Å². The van der Waals surface area contributed by atoms with Gasteiger partial charge in [0.15, 0.2) is 0 Å². The minimum Gasteiger partial charge on any atom is -0.399 e. The molecule has 162 valence electrons. The molecule has 0 spiro atoms. The summed E-state index contributed by atoms with van der Waals surface area (Å²) in [7, 11) is -0.612. The Morgan fingerprint density at radius 2 is 1.50 bits per heavy atom. The van der Waals surface area contributed by atoms with E-state index in [9.17, 15) is 14.4 Å². The lowest BCUT2D eigenvalue weighted by molar-refractivity contribution is 0.00578. The van der Waals surface area contributed by atoms with Gasteiger partial charge in [0.25, 0.3) is 17.7 Å². The molecular formula is C23H22BN3O5. The minimum atomic E-state index is -0.660. The van der Waals surface area contributed by atoms with Crippen LogP contribution in [0.15, 0.2) is 52.7 Å². The van der Waals surface area contributed by atoms with Crippen molar-refractivity contribution in [2.24, 2.45) is 10.2 Å². The Morgan fingerprint density at radius 3 is 2.09 bits per heavy atom. The van der Waals surface area contributed by atoms with Crippen molar-refractivity contribution in [1.82, 2.24) is 4.90 Å². The monoisotopic (exact) mass is 431 g/mol. The van der Waals surface area contributed by atoms with E-state index in [0.717, 1.165) is 10.4 Å². The summed E-state index contributed by atoms with van der Waals surface area (Å²) >= 11 is 0. The van der Waals surface area contributed by atoms with E-state index < -0.39 is 30.3 Å². The molecule has 3 aliphatic heterocycles. The summed E-state index contributed by atoms with van der Waals surface area (Å²) in [6.07, 6.45) is 0. The number of fused-ring (bicyclic) bond motifs is 2. The van der Waals surface area contributed by atoms with E-state index in [1.807, 2.05) is 27.7 Å². The Bertz CT molecular complexity index is 1150. The average Bonchev–Trinajstić information content (AvgIpc) is 3.13. The molecule has 5 rings (SSSR count). The minimum absolute atomic E-state index is 0.0110. The van der Waals surface area contributed by atoms with Crippen LogP contribution in [0.3, 0.4) is 0 Å². The normalized spacial score (nSPS) is 23.0. The number of hydrogen-bond donors (Lipinski definition) is 0. The van der Waals surface area contributed by atoms with Gasteiger partial charge in [0, 0.05) is 5.56 Å². The second-order valence-electron chi connectivity index (χ2n) is 9.24. The van der Waals surface area contributed by atoms with Crippen LogP contribution < -0.4 is 5.46 Å². The van der Waals surface area contributed by atoms with Crippen molar-refractivity contribution in [1.29, 1.82) is 0 Å². The first-order valence-electron chi connectivity index (χ1n) is 10.5. The van der Waals surface area contributed by atoms with E-state index in [0.29, 0.717) is 22.3 Å². The second-order valence-corrected chi connectivity index (χ2v) is 9.24. The number of imide groups is 1. The van der Waals surface area contributed by atoms with Crippen LogP contribution in [0.5, 0.6) is 0 Å². The molecule has 0 N–H and O–H groups in total. The van der Waals surface area contributed by atoms with Crippen molar-refractivity contribution in [3.8, 4) is 0 Å². The standard InChI is InChI=1S/C23H22BN3O5/c1-22(2)23(3,4)32-24(31-22)13-9-10-14-17(11-13)18(25-26-19(14)28)12-27-20(29)15-7-5-6-8-16(15)21(27)30/h5-11,18H,12H2,1-4H3. The highest BCUT2D eigenvalue weighted by Crippen LogP contribution is 2.37. The molecule has 0 radical (unpaired) electrons. The number of nitrogens with zero attached hydrogens (tertiary/aromatic N) is 3. The van der Waals surface area contributed by atoms with Gasteiger partial charge in [-0.05, 0) is 56.9 Å². The number of carbonyl (C=O) groups is 3. The molecule has 0 aromatic heterocycles. The average molecular weight is 431 g/mol. The van der Waals surface area contributed by atoms with Gasteiger partial charge in [-0.25, -0.2) is 0 Å². The van der Waals surface area contributed by atoms with Gasteiger partial charge in [0.2, 0.25) is 0 Å². The van der Waals surface area contributed by atoms with Gasteiger partial charge in [-0.1, -0.05) is 24.3 Å². The predicted molar refractivity (Wildman–Crippen MR) is 116 cm³/mol. The highest BCUT2D eigenvalue weighted by atomic mass is 16.7. The fraction of sp³-hybridized carbons (Fsp3) is 0.348. The van der Waals surface area contributed by atoms with Crippen molar-refractivity contribution in [3.05, 3.63) is 64.7 Å². The first-order chi connectivity index (χ1) is 15.1. The Kier molecular flexibility index (Phi) is 4.48. The molecule has 3 amide bonds.